The van der Waals surface area contributed by atoms with Gasteiger partial charge in [0.1, 0.15) is 18.2 Å². The number of aryl methyl sites for hydroxylation is 3. The van der Waals surface area contributed by atoms with Gasteiger partial charge in [-0.25, -0.2) is 4.57 Å². The molecule has 2 aromatic carbocycles. The highest BCUT2D eigenvalue weighted by atomic mass is 16.3. The molecule has 122 valence electrons. The highest BCUT2D eigenvalue weighted by Crippen LogP contribution is 2.39. The van der Waals surface area contributed by atoms with Gasteiger partial charge in [-0.15, -0.1) is 0 Å². The van der Waals surface area contributed by atoms with E-state index in [-0.39, 0.29) is 0 Å². The molecule has 0 radical (unpaired) electrons. The van der Waals surface area contributed by atoms with E-state index in [9.17, 15) is 5.26 Å². The molecule has 3 nitrogen and oxygen atoms in total. The van der Waals surface area contributed by atoms with Crippen LogP contribution in [0.5, 0.6) is 0 Å². The minimum atomic E-state index is 0.708. The van der Waals surface area contributed by atoms with E-state index in [1.165, 1.54) is 5.56 Å². The molecule has 0 aliphatic heterocycles. The van der Waals surface area contributed by atoms with Crippen LogP contribution in [0.3, 0.4) is 0 Å². The number of rotatable bonds is 1. The molecule has 4 rings (SSSR count). The summed E-state index contributed by atoms with van der Waals surface area (Å²) in [5.74, 6) is 0. The van der Waals surface area contributed by atoms with Gasteiger partial charge in [-0.1, -0.05) is 12.1 Å². The van der Waals surface area contributed by atoms with Crippen LogP contribution >= 0.6 is 0 Å². The topological polar surface area (TPSA) is 40.8 Å². The number of benzene rings is 2. The third-order valence-corrected chi connectivity index (χ3v) is 5.13. The lowest BCUT2D eigenvalue weighted by Crippen LogP contribution is -2.30. The first-order chi connectivity index (χ1) is 12.0. The Kier molecular flexibility index (Phi) is 3.36. The van der Waals surface area contributed by atoms with Gasteiger partial charge in [-0.3, -0.25) is 0 Å². The fourth-order valence-corrected chi connectivity index (χ4v) is 3.54. The Morgan fingerprint density at radius 1 is 0.960 bits per heavy atom. The van der Waals surface area contributed by atoms with Gasteiger partial charge < -0.3 is 4.42 Å². The molecule has 3 heteroatoms. The van der Waals surface area contributed by atoms with Gasteiger partial charge in [0.05, 0.1) is 17.2 Å². The van der Waals surface area contributed by atoms with Gasteiger partial charge in [0.25, 0.3) is 0 Å². The predicted molar refractivity (Wildman–Crippen MR) is 99.3 cm³/mol. The first-order valence-electron chi connectivity index (χ1n) is 8.34. The van der Waals surface area contributed by atoms with Crippen molar-refractivity contribution in [2.75, 3.05) is 0 Å². The summed E-state index contributed by atoms with van der Waals surface area (Å²) in [6.45, 7) is 6.10. The van der Waals surface area contributed by atoms with Crippen LogP contribution in [-0.2, 0) is 7.05 Å². The van der Waals surface area contributed by atoms with E-state index < -0.39 is 0 Å². The zero-order valence-corrected chi connectivity index (χ0v) is 14.8. The quantitative estimate of drug-likeness (QED) is 0.468. The minimum absolute atomic E-state index is 0.708. The molecule has 0 saturated carbocycles. The van der Waals surface area contributed by atoms with E-state index >= 15 is 0 Å². The standard InChI is InChI=1S/C22H19N2O/c1-13-8-9-17-18-11-16(12-23)14(2)15(3)21(18)25-22(17)20(13)19-7-5-6-10-24(19)4/h5-11H,1-4H3/q+1. The first-order valence-corrected chi connectivity index (χ1v) is 8.34. The van der Waals surface area contributed by atoms with E-state index in [1.54, 1.807) is 0 Å². The SMILES string of the molecule is Cc1ccc2c(oc3c(C)c(C)c(C#N)cc32)c1-c1cccc[n+]1C. The number of hydrogen-bond acceptors (Lipinski definition) is 2. The van der Waals surface area contributed by atoms with Crippen molar-refractivity contribution in [3.63, 3.8) is 0 Å². The summed E-state index contributed by atoms with van der Waals surface area (Å²) in [4.78, 5) is 0. The average Bonchev–Trinajstić information content (AvgIpc) is 2.97. The van der Waals surface area contributed by atoms with Gasteiger partial charge in [0, 0.05) is 22.9 Å². The molecule has 4 aromatic rings. The van der Waals surface area contributed by atoms with E-state index in [0.29, 0.717) is 5.56 Å². The zero-order valence-electron chi connectivity index (χ0n) is 14.8. The molecule has 0 atom stereocenters. The molecule has 0 saturated heterocycles. The summed E-state index contributed by atoms with van der Waals surface area (Å²) in [5, 5.41) is 11.5. The smallest absolute Gasteiger partial charge is 0.216 e. The Morgan fingerprint density at radius 2 is 1.76 bits per heavy atom. The molecule has 0 aliphatic rings. The summed E-state index contributed by atoms with van der Waals surface area (Å²) >= 11 is 0. The third-order valence-electron chi connectivity index (χ3n) is 5.13. The molecule has 0 fully saturated rings. The Morgan fingerprint density at radius 3 is 2.48 bits per heavy atom. The Bertz CT molecular complexity index is 1190. The van der Waals surface area contributed by atoms with Gasteiger partial charge in [0.15, 0.2) is 6.20 Å². The summed E-state index contributed by atoms with van der Waals surface area (Å²) < 4.78 is 8.47. The molecular formula is C22H19N2O+. The van der Waals surface area contributed by atoms with Crippen molar-refractivity contribution in [2.24, 2.45) is 7.05 Å². The summed E-state index contributed by atoms with van der Waals surface area (Å²) in [6.07, 6.45) is 2.04. The molecule has 0 unspecified atom stereocenters. The molecule has 25 heavy (non-hydrogen) atoms. The first kappa shape index (κ1) is 15.4. The third kappa shape index (κ3) is 2.15. The monoisotopic (exact) mass is 327 g/mol. The molecule has 0 bridgehead atoms. The van der Waals surface area contributed by atoms with Crippen LogP contribution in [0.25, 0.3) is 33.2 Å². The van der Waals surface area contributed by atoms with Crippen LogP contribution in [-0.4, -0.2) is 0 Å². The summed E-state index contributed by atoms with van der Waals surface area (Å²) in [6, 6.07) is 14.6. The number of nitrogens with zero attached hydrogens (tertiary/aromatic N) is 2. The van der Waals surface area contributed by atoms with Gasteiger partial charge in [-0.2, -0.15) is 5.26 Å². The lowest BCUT2D eigenvalue weighted by molar-refractivity contribution is -0.660. The molecule has 0 amide bonds. The van der Waals surface area contributed by atoms with Gasteiger partial charge in [0.2, 0.25) is 5.69 Å². The number of nitriles is 1. The number of hydrogen-bond donors (Lipinski definition) is 0. The largest absolute Gasteiger partial charge is 0.455 e. The molecule has 0 spiro atoms. The Hall–Kier alpha value is -3.12. The van der Waals surface area contributed by atoms with Gasteiger partial charge in [-0.05, 0) is 49.6 Å². The van der Waals surface area contributed by atoms with Crippen molar-refractivity contribution in [3.05, 3.63) is 64.8 Å². The second kappa shape index (κ2) is 5.46. The van der Waals surface area contributed by atoms with Crippen molar-refractivity contribution in [2.45, 2.75) is 20.8 Å². The van der Waals surface area contributed by atoms with Crippen LogP contribution in [0.2, 0.25) is 0 Å². The number of pyridine rings is 1. The maximum Gasteiger partial charge on any atom is 0.216 e. The van der Waals surface area contributed by atoms with Crippen LogP contribution < -0.4 is 4.57 Å². The molecule has 0 N–H and O–H groups in total. The highest BCUT2D eigenvalue weighted by molar-refractivity contribution is 6.11. The minimum Gasteiger partial charge on any atom is -0.455 e. The Balaban J connectivity index is 2.20. The van der Waals surface area contributed by atoms with Crippen molar-refractivity contribution in [3.8, 4) is 17.3 Å². The zero-order chi connectivity index (χ0) is 17.7. The lowest BCUT2D eigenvalue weighted by Gasteiger charge is -2.04. The number of aromatic nitrogens is 1. The molecule has 2 aromatic heterocycles. The van der Waals surface area contributed by atoms with Crippen molar-refractivity contribution in [1.82, 2.24) is 0 Å². The van der Waals surface area contributed by atoms with Crippen LogP contribution in [0.1, 0.15) is 22.3 Å². The van der Waals surface area contributed by atoms with E-state index in [2.05, 4.69) is 35.8 Å². The molecule has 2 heterocycles. The highest BCUT2D eigenvalue weighted by Gasteiger charge is 2.21. The van der Waals surface area contributed by atoms with Crippen LogP contribution in [0.4, 0.5) is 0 Å². The molecular weight excluding hydrogens is 308 g/mol. The molecule has 0 aliphatic carbocycles. The number of fused-ring (bicyclic) bond motifs is 3. The lowest BCUT2D eigenvalue weighted by atomic mass is 9.97. The van der Waals surface area contributed by atoms with E-state index in [4.69, 9.17) is 4.42 Å². The van der Waals surface area contributed by atoms with Crippen molar-refractivity contribution >= 4 is 21.9 Å². The second-order valence-corrected chi connectivity index (χ2v) is 6.60. The maximum absolute atomic E-state index is 9.44. The normalized spacial score (nSPS) is 11.2. The van der Waals surface area contributed by atoms with Crippen LogP contribution in [0.15, 0.2) is 47.0 Å². The van der Waals surface area contributed by atoms with E-state index in [0.717, 1.165) is 44.3 Å². The van der Waals surface area contributed by atoms with E-state index in [1.807, 2.05) is 45.3 Å². The van der Waals surface area contributed by atoms with Crippen molar-refractivity contribution < 1.29 is 8.98 Å². The maximum atomic E-state index is 9.44. The van der Waals surface area contributed by atoms with Crippen molar-refractivity contribution in [1.29, 1.82) is 5.26 Å². The average molecular weight is 327 g/mol. The Labute approximate surface area is 146 Å². The van der Waals surface area contributed by atoms with Crippen LogP contribution in [0, 0.1) is 32.1 Å². The fraction of sp³-hybridized carbons (Fsp3) is 0.182. The fourth-order valence-electron chi connectivity index (χ4n) is 3.54. The number of furan rings is 1. The van der Waals surface area contributed by atoms with Gasteiger partial charge >= 0.3 is 0 Å². The second-order valence-electron chi connectivity index (χ2n) is 6.60. The summed E-state index contributed by atoms with van der Waals surface area (Å²) in [5.41, 5.74) is 7.87. The summed E-state index contributed by atoms with van der Waals surface area (Å²) in [7, 11) is 2.04. The predicted octanol–water partition coefficient (Wildman–Crippen LogP) is 4.87.